The van der Waals surface area contributed by atoms with Crippen LogP contribution >= 0.6 is 0 Å². The Bertz CT molecular complexity index is 406. The predicted molar refractivity (Wildman–Crippen MR) is 145 cm³/mol. The van der Waals surface area contributed by atoms with Crippen LogP contribution in [0, 0.1) is 0 Å². The van der Waals surface area contributed by atoms with Crippen molar-refractivity contribution in [2.75, 3.05) is 13.6 Å². The monoisotopic (exact) mass is 448 g/mol. The molecule has 190 valence electrons. The first-order valence-electron chi connectivity index (χ1n) is 15.0. The van der Waals surface area contributed by atoms with Crippen molar-refractivity contribution in [2.24, 2.45) is 0 Å². The predicted octanol–water partition coefficient (Wildman–Crippen LogP) is 10.0. The number of hydrogen-bond acceptors (Lipinski definition) is 2. The van der Waals surface area contributed by atoms with E-state index >= 15 is 0 Å². The van der Waals surface area contributed by atoms with Gasteiger partial charge in [-0.2, -0.15) is 0 Å². The van der Waals surface area contributed by atoms with Crippen LogP contribution in [0.2, 0.25) is 0 Å². The van der Waals surface area contributed by atoms with Gasteiger partial charge in [-0.15, -0.1) is 0 Å². The summed E-state index contributed by atoms with van der Waals surface area (Å²) in [6.45, 7) is 5.85. The molecule has 2 heteroatoms. The molecule has 0 amide bonds. The standard InChI is InChI=1S/C30H60N2/c1-4-6-8-10-12-13-14-15-16-17-18-19-20-22-24-26-30-31(3)28-29-32(30)27-25-23-21-11-9-7-5-2/h28-30H,4-27H2,1-3H3. The summed E-state index contributed by atoms with van der Waals surface area (Å²) in [7, 11) is 2.26. The van der Waals surface area contributed by atoms with Gasteiger partial charge >= 0.3 is 0 Å². The Hall–Kier alpha value is -0.660. The van der Waals surface area contributed by atoms with Crippen molar-refractivity contribution in [3.8, 4) is 0 Å². The Labute approximate surface area is 203 Å². The van der Waals surface area contributed by atoms with Crippen LogP contribution in [-0.4, -0.2) is 29.6 Å². The highest BCUT2D eigenvalue weighted by molar-refractivity contribution is 4.95. The first-order valence-corrected chi connectivity index (χ1v) is 15.0. The van der Waals surface area contributed by atoms with Crippen LogP contribution in [0.15, 0.2) is 12.4 Å². The zero-order valence-corrected chi connectivity index (χ0v) is 22.6. The summed E-state index contributed by atoms with van der Waals surface area (Å²) in [4.78, 5) is 5.04. The van der Waals surface area contributed by atoms with Gasteiger partial charge in [-0.05, 0) is 19.3 Å². The van der Waals surface area contributed by atoms with Crippen molar-refractivity contribution in [1.82, 2.24) is 9.80 Å². The highest BCUT2D eigenvalue weighted by Gasteiger charge is 2.22. The third kappa shape index (κ3) is 16.0. The summed E-state index contributed by atoms with van der Waals surface area (Å²) in [6, 6.07) is 0. The van der Waals surface area contributed by atoms with E-state index in [0.29, 0.717) is 6.17 Å². The average molecular weight is 449 g/mol. The fourth-order valence-corrected chi connectivity index (χ4v) is 5.17. The summed E-state index contributed by atoms with van der Waals surface area (Å²) in [5.74, 6) is 0. The summed E-state index contributed by atoms with van der Waals surface area (Å²) in [6.07, 6.45) is 38.2. The number of nitrogens with zero attached hydrogens (tertiary/aromatic N) is 2. The summed E-state index contributed by atoms with van der Waals surface area (Å²) >= 11 is 0. The van der Waals surface area contributed by atoms with E-state index in [9.17, 15) is 0 Å². The Morgan fingerprint density at radius 2 is 0.844 bits per heavy atom. The fraction of sp³-hybridized carbons (Fsp3) is 0.933. The second-order valence-corrected chi connectivity index (χ2v) is 10.5. The first kappa shape index (κ1) is 29.4. The highest BCUT2D eigenvalue weighted by atomic mass is 15.4. The number of unbranched alkanes of at least 4 members (excludes halogenated alkanes) is 20. The molecule has 0 aliphatic carbocycles. The van der Waals surface area contributed by atoms with Crippen molar-refractivity contribution < 1.29 is 0 Å². The quantitative estimate of drug-likeness (QED) is 0.135. The van der Waals surface area contributed by atoms with Crippen molar-refractivity contribution in [3.63, 3.8) is 0 Å². The summed E-state index contributed by atoms with van der Waals surface area (Å²) in [5.41, 5.74) is 0. The molecule has 0 spiro atoms. The van der Waals surface area contributed by atoms with Gasteiger partial charge in [0.1, 0.15) is 6.17 Å². The molecule has 32 heavy (non-hydrogen) atoms. The van der Waals surface area contributed by atoms with Crippen LogP contribution in [0.1, 0.15) is 162 Å². The number of hydrogen-bond donors (Lipinski definition) is 0. The van der Waals surface area contributed by atoms with Crippen LogP contribution in [0.25, 0.3) is 0 Å². The molecule has 2 nitrogen and oxygen atoms in total. The molecule has 0 radical (unpaired) electrons. The van der Waals surface area contributed by atoms with Gasteiger partial charge < -0.3 is 9.80 Å². The molecule has 1 rings (SSSR count). The minimum atomic E-state index is 0.622. The van der Waals surface area contributed by atoms with Crippen molar-refractivity contribution in [1.29, 1.82) is 0 Å². The van der Waals surface area contributed by atoms with Crippen LogP contribution in [-0.2, 0) is 0 Å². The number of rotatable bonds is 24. The maximum Gasteiger partial charge on any atom is 0.100 e. The van der Waals surface area contributed by atoms with E-state index in [1.807, 2.05) is 0 Å². The zero-order valence-electron chi connectivity index (χ0n) is 22.6. The normalized spacial score (nSPS) is 15.9. The molecular weight excluding hydrogens is 388 g/mol. The van der Waals surface area contributed by atoms with Gasteiger partial charge in [0.05, 0.1) is 0 Å². The first-order chi connectivity index (χ1) is 15.8. The third-order valence-corrected chi connectivity index (χ3v) is 7.43. The fourth-order valence-electron chi connectivity index (χ4n) is 5.17. The summed E-state index contributed by atoms with van der Waals surface area (Å²) < 4.78 is 0. The lowest BCUT2D eigenvalue weighted by atomic mass is 10.0. The molecule has 0 saturated heterocycles. The van der Waals surface area contributed by atoms with E-state index in [-0.39, 0.29) is 0 Å². The largest absolute Gasteiger partial charge is 0.359 e. The Morgan fingerprint density at radius 1 is 0.469 bits per heavy atom. The van der Waals surface area contributed by atoms with Crippen molar-refractivity contribution in [2.45, 2.75) is 168 Å². The smallest absolute Gasteiger partial charge is 0.100 e. The molecule has 0 aromatic rings. The van der Waals surface area contributed by atoms with E-state index in [4.69, 9.17) is 0 Å². The van der Waals surface area contributed by atoms with Crippen molar-refractivity contribution >= 4 is 0 Å². The maximum atomic E-state index is 2.61. The second kappa shape index (κ2) is 22.1. The Morgan fingerprint density at radius 3 is 1.28 bits per heavy atom. The Kier molecular flexibility index (Phi) is 20.3. The molecular formula is C30H60N2. The lowest BCUT2D eigenvalue weighted by Gasteiger charge is -2.30. The topological polar surface area (TPSA) is 6.48 Å². The van der Waals surface area contributed by atoms with Crippen LogP contribution in [0.4, 0.5) is 0 Å². The van der Waals surface area contributed by atoms with Gasteiger partial charge in [0, 0.05) is 26.0 Å². The highest BCUT2D eigenvalue weighted by Crippen LogP contribution is 2.21. The average Bonchev–Trinajstić information content (AvgIpc) is 3.15. The third-order valence-electron chi connectivity index (χ3n) is 7.43. The van der Waals surface area contributed by atoms with Gasteiger partial charge in [0.15, 0.2) is 0 Å². The molecule has 0 saturated carbocycles. The molecule has 0 aromatic carbocycles. The SMILES string of the molecule is CCCCCCCCCCCCCCCCCC1N(C)C=CN1CCCCCCCCC. The second-order valence-electron chi connectivity index (χ2n) is 10.5. The summed E-state index contributed by atoms with van der Waals surface area (Å²) in [5, 5.41) is 0. The van der Waals surface area contributed by atoms with Gasteiger partial charge in [-0.25, -0.2) is 0 Å². The van der Waals surface area contributed by atoms with Gasteiger partial charge in [-0.1, -0.05) is 142 Å². The van der Waals surface area contributed by atoms with Crippen LogP contribution in [0.3, 0.4) is 0 Å². The van der Waals surface area contributed by atoms with Crippen LogP contribution in [0.5, 0.6) is 0 Å². The molecule has 0 N–H and O–H groups in total. The Balaban J connectivity index is 1.89. The van der Waals surface area contributed by atoms with Gasteiger partial charge in [0.2, 0.25) is 0 Å². The maximum absolute atomic E-state index is 2.61. The molecule has 1 unspecified atom stereocenters. The molecule has 0 aromatic heterocycles. The minimum Gasteiger partial charge on any atom is -0.359 e. The lowest BCUT2D eigenvalue weighted by Crippen LogP contribution is -2.37. The van der Waals surface area contributed by atoms with Gasteiger partial charge in [-0.3, -0.25) is 0 Å². The molecule has 0 bridgehead atoms. The zero-order chi connectivity index (χ0) is 23.1. The minimum absolute atomic E-state index is 0.622. The van der Waals surface area contributed by atoms with E-state index < -0.39 is 0 Å². The van der Waals surface area contributed by atoms with E-state index in [1.54, 1.807) is 0 Å². The lowest BCUT2D eigenvalue weighted by molar-refractivity contribution is 0.159. The van der Waals surface area contributed by atoms with Crippen molar-refractivity contribution in [3.05, 3.63) is 12.4 Å². The van der Waals surface area contributed by atoms with Gasteiger partial charge in [0.25, 0.3) is 0 Å². The van der Waals surface area contributed by atoms with E-state index in [2.05, 4.69) is 43.1 Å². The molecule has 0 fully saturated rings. The van der Waals surface area contributed by atoms with Crippen LogP contribution < -0.4 is 0 Å². The molecule has 1 aliphatic rings. The van der Waals surface area contributed by atoms with E-state index in [1.165, 1.54) is 154 Å². The molecule has 1 heterocycles. The van der Waals surface area contributed by atoms with E-state index in [0.717, 1.165) is 0 Å². The molecule has 1 atom stereocenters. The molecule has 1 aliphatic heterocycles.